The summed E-state index contributed by atoms with van der Waals surface area (Å²) in [5, 5.41) is 4.59. The molecule has 0 amide bonds. The summed E-state index contributed by atoms with van der Waals surface area (Å²) in [6.07, 6.45) is -2.17. The van der Waals surface area contributed by atoms with Crippen LogP contribution < -0.4 is 0 Å². The third kappa shape index (κ3) is 5.35. The molecule has 0 aliphatic heterocycles. The van der Waals surface area contributed by atoms with Crippen LogP contribution in [0.15, 0.2) is 6.20 Å². The van der Waals surface area contributed by atoms with E-state index in [1.54, 1.807) is 10.9 Å². The van der Waals surface area contributed by atoms with Gasteiger partial charge in [0.2, 0.25) is 0 Å². The maximum Gasteiger partial charge on any atom is 0.411 e. The minimum Gasteiger partial charge on any atom is -0.372 e. The lowest BCUT2D eigenvalue weighted by Gasteiger charge is -2.07. The van der Waals surface area contributed by atoms with Crippen LogP contribution in [-0.2, 0) is 11.3 Å². The van der Waals surface area contributed by atoms with Crippen LogP contribution in [0.25, 0.3) is 0 Å². The third-order valence-corrected chi connectivity index (χ3v) is 3.01. The van der Waals surface area contributed by atoms with Gasteiger partial charge in [0.15, 0.2) is 0 Å². The Labute approximate surface area is 109 Å². The second-order valence-corrected chi connectivity index (χ2v) is 4.48. The number of alkyl halides is 3. The first-order valence-corrected chi connectivity index (χ1v) is 5.87. The third-order valence-electron chi connectivity index (χ3n) is 1.62. The summed E-state index contributed by atoms with van der Waals surface area (Å²) in [5.41, 5.74) is 0. The second kappa shape index (κ2) is 6.06. The maximum atomic E-state index is 11.7. The van der Waals surface area contributed by atoms with E-state index in [2.05, 4.69) is 9.84 Å². The van der Waals surface area contributed by atoms with Crippen LogP contribution in [0, 0.1) is 3.70 Å². The molecule has 3 nitrogen and oxygen atoms in total. The molecule has 1 rings (SSSR count). The predicted molar refractivity (Wildman–Crippen MR) is 61.4 cm³/mol. The van der Waals surface area contributed by atoms with Gasteiger partial charge in [-0.1, -0.05) is 11.6 Å². The molecule has 0 spiro atoms. The molecule has 0 aliphatic carbocycles. The van der Waals surface area contributed by atoms with E-state index >= 15 is 0 Å². The number of aromatic nitrogens is 2. The molecule has 0 fully saturated rings. The highest BCUT2D eigenvalue weighted by atomic mass is 127. The quantitative estimate of drug-likeness (QED) is 0.590. The Bertz CT molecular complexity index is 323. The van der Waals surface area contributed by atoms with E-state index in [1.165, 1.54) is 0 Å². The number of aryl methyl sites for hydroxylation is 1. The monoisotopic (exact) mass is 368 g/mol. The molecular formula is C8H9ClF3IN2O. The molecule has 1 heterocycles. The summed E-state index contributed by atoms with van der Waals surface area (Å²) in [7, 11) is 0. The Kier molecular flexibility index (Phi) is 5.32. The van der Waals surface area contributed by atoms with Crippen LogP contribution >= 0.6 is 34.2 Å². The van der Waals surface area contributed by atoms with Crippen molar-refractivity contribution in [2.24, 2.45) is 0 Å². The first-order valence-electron chi connectivity index (χ1n) is 4.41. The van der Waals surface area contributed by atoms with Gasteiger partial charge < -0.3 is 4.74 Å². The molecule has 0 saturated carbocycles. The Morgan fingerprint density at radius 3 is 2.69 bits per heavy atom. The zero-order valence-electron chi connectivity index (χ0n) is 8.10. The number of rotatable bonds is 5. The van der Waals surface area contributed by atoms with Crippen molar-refractivity contribution in [3.05, 3.63) is 14.9 Å². The fourth-order valence-electron chi connectivity index (χ4n) is 1.00. The fourth-order valence-corrected chi connectivity index (χ4v) is 1.57. The molecule has 0 unspecified atom stereocenters. The van der Waals surface area contributed by atoms with Gasteiger partial charge in [0.1, 0.15) is 10.3 Å². The van der Waals surface area contributed by atoms with Gasteiger partial charge in [-0.05, 0) is 29.0 Å². The zero-order valence-corrected chi connectivity index (χ0v) is 11.0. The van der Waals surface area contributed by atoms with Crippen molar-refractivity contribution in [1.29, 1.82) is 0 Å². The van der Waals surface area contributed by atoms with Gasteiger partial charge >= 0.3 is 6.18 Å². The Morgan fingerprint density at radius 2 is 2.19 bits per heavy atom. The summed E-state index contributed by atoms with van der Waals surface area (Å²) in [4.78, 5) is 0. The summed E-state index contributed by atoms with van der Waals surface area (Å²) >= 11 is 7.74. The van der Waals surface area contributed by atoms with E-state index < -0.39 is 12.8 Å². The summed E-state index contributed by atoms with van der Waals surface area (Å²) in [5.74, 6) is 0. The fraction of sp³-hybridized carbons (Fsp3) is 0.625. The molecule has 16 heavy (non-hydrogen) atoms. The van der Waals surface area contributed by atoms with Crippen LogP contribution in [0.1, 0.15) is 6.42 Å². The Hall–Kier alpha value is -0.0200. The first-order chi connectivity index (χ1) is 7.38. The standard InChI is InChI=1S/C8H9ClF3IN2O/c9-6-4-15(14-7(6)13)2-1-3-16-5-8(10,11)12/h4H,1-3,5H2. The number of halogens is 5. The average molecular weight is 369 g/mol. The van der Waals surface area contributed by atoms with Gasteiger partial charge in [-0.3, -0.25) is 4.68 Å². The molecule has 0 bridgehead atoms. The van der Waals surface area contributed by atoms with Crippen LogP contribution in [0.3, 0.4) is 0 Å². The number of nitrogens with zero attached hydrogens (tertiary/aromatic N) is 2. The number of hydrogen-bond donors (Lipinski definition) is 0. The van der Waals surface area contributed by atoms with Crippen LogP contribution in [0.2, 0.25) is 5.02 Å². The zero-order chi connectivity index (χ0) is 12.2. The van der Waals surface area contributed by atoms with Crippen molar-refractivity contribution in [2.75, 3.05) is 13.2 Å². The van der Waals surface area contributed by atoms with E-state index in [0.717, 1.165) is 0 Å². The van der Waals surface area contributed by atoms with Crippen LogP contribution in [0.5, 0.6) is 0 Å². The average Bonchev–Trinajstić information content (AvgIpc) is 2.44. The molecule has 0 aliphatic rings. The van der Waals surface area contributed by atoms with Gasteiger partial charge in [0.25, 0.3) is 0 Å². The minimum atomic E-state index is -4.26. The topological polar surface area (TPSA) is 27.1 Å². The Morgan fingerprint density at radius 1 is 1.50 bits per heavy atom. The summed E-state index contributed by atoms with van der Waals surface area (Å²) < 4.78 is 41.8. The van der Waals surface area contributed by atoms with Crippen molar-refractivity contribution >= 4 is 34.2 Å². The largest absolute Gasteiger partial charge is 0.411 e. The second-order valence-electron chi connectivity index (χ2n) is 3.05. The van der Waals surface area contributed by atoms with Crippen molar-refractivity contribution in [1.82, 2.24) is 9.78 Å². The smallest absolute Gasteiger partial charge is 0.372 e. The van der Waals surface area contributed by atoms with Crippen molar-refractivity contribution in [2.45, 2.75) is 19.1 Å². The lowest BCUT2D eigenvalue weighted by Crippen LogP contribution is -2.17. The summed E-state index contributed by atoms with van der Waals surface area (Å²) in [6, 6.07) is 0. The molecular weight excluding hydrogens is 359 g/mol. The minimum absolute atomic E-state index is 0.0492. The Balaban J connectivity index is 2.16. The van der Waals surface area contributed by atoms with E-state index in [-0.39, 0.29) is 6.61 Å². The summed E-state index contributed by atoms with van der Waals surface area (Å²) in [6.45, 7) is -0.668. The molecule has 0 atom stereocenters. The molecule has 92 valence electrons. The molecule has 1 aromatic rings. The molecule has 0 N–H and O–H groups in total. The van der Waals surface area contributed by atoms with Gasteiger partial charge in [-0.25, -0.2) is 0 Å². The van der Waals surface area contributed by atoms with E-state index in [0.29, 0.717) is 21.7 Å². The molecule has 8 heteroatoms. The SMILES string of the molecule is FC(F)(F)COCCCn1cc(Cl)c(I)n1. The highest BCUT2D eigenvalue weighted by Crippen LogP contribution is 2.16. The molecule has 0 aromatic carbocycles. The lowest BCUT2D eigenvalue weighted by molar-refractivity contribution is -0.174. The molecule has 0 radical (unpaired) electrons. The van der Waals surface area contributed by atoms with Crippen molar-refractivity contribution < 1.29 is 17.9 Å². The lowest BCUT2D eigenvalue weighted by atomic mass is 10.4. The van der Waals surface area contributed by atoms with E-state index in [1.807, 2.05) is 22.6 Å². The normalized spacial score (nSPS) is 12.1. The van der Waals surface area contributed by atoms with Crippen LogP contribution in [0.4, 0.5) is 13.2 Å². The highest BCUT2D eigenvalue weighted by molar-refractivity contribution is 14.1. The van der Waals surface area contributed by atoms with E-state index in [4.69, 9.17) is 11.6 Å². The van der Waals surface area contributed by atoms with Gasteiger partial charge in [0, 0.05) is 19.3 Å². The van der Waals surface area contributed by atoms with Gasteiger partial charge in [-0.15, -0.1) is 0 Å². The van der Waals surface area contributed by atoms with Gasteiger partial charge in [0.05, 0.1) is 5.02 Å². The van der Waals surface area contributed by atoms with Crippen LogP contribution in [-0.4, -0.2) is 29.2 Å². The van der Waals surface area contributed by atoms with Crippen molar-refractivity contribution in [3.63, 3.8) is 0 Å². The molecule has 1 aromatic heterocycles. The van der Waals surface area contributed by atoms with E-state index in [9.17, 15) is 13.2 Å². The first kappa shape index (κ1) is 14.0. The molecule has 0 saturated heterocycles. The van der Waals surface area contributed by atoms with Gasteiger partial charge in [-0.2, -0.15) is 18.3 Å². The van der Waals surface area contributed by atoms with Crippen molar-refractivity contribution in [3.8, 4) is 0 Å². The number of ether oxygens (including phenoxy) is 1. The number of hydrogen-bond acceptors (Lipinski definition) is 2. The highest BCUT2D eigenvalue weighted by Gasteiger charge is 2.27. The maximum absolute atomic E-state index is 11.7. The predicted octanol–water partition coefficient (Wildman–Crippen LogP) is 3.11.